The third-order valence-electron chi connectivity index (χ3n) is 4.75. The molecule has 0 bridgehead atoms. The van der Waals surface area contributed by atoms with Crippen LogP contribution in [0.2, 0.25) is 0 Å². The fourth-order valence-corrected chi connectivity index (χ4v) is 3.11. The zero-order chi connectivity index (χ0) is 23.0. The van der Waals surface area contributed by atoms with Gasteiger partial charge in [0, 0.05) is 5.56 Å². The van der Waals surface area contributed by atoms with Crippen molar-refractivity contribution < 1.29 is 44.9 Å². The molecule has 1 heterocycles. The summed E-state index contributed by atoms with van der Waals surface area (Å²) in [4.78, 5) is 0. The summed E-state index contributed by atoms with van der Waals surface area (Å²) in [6, 6.07) is 6.03. The second-order valence-corrected chi connectivity index (χ2v) is 6.97. The molecule has 1 aliphatic heterocycles. The molecule has 0 radical (unpaired) electrons. The molecule has 3 rings (SSSR count). The number of nitrogens with two attached hydrogens (primary N) is 1. The molecule has 2 aromatic rings. The fourth-order valence-electron chi connectivity index (χ4n) is 3.11. The highest BCUT2D eigenvalue weighted by molar-refractivity contribution is 5.35. The lowest BCUT2D eigenvalue weighted by Gasteiger charge is -2.41. The molecule has 11 heteroatoms. The summed E-state index contributed by atoms with van der Waals surface area (Å²) in [7, 11) is 0. The summed E-state index contributed by atoms with van der Waals surface area (Å²) < 4.78 is 109. The van der Waals surface area contributed by atoms with E-state index in [9.17, 15) is 30.7 Å². The van der Waals surface area contributed by atoms with E-state index in [-0.39, 0.29) is 30.4 Å². The van der Waals surface area contributed by atoms with Crippen LogP contribution >= 0.6 is 0 Å². The first-order valence-electron chi connectivity index (χ1n) is 9.06. The standard InChI is InChI=1S/C20H18F7NO3/c1-11(12-8-14(19(22,23)24)10-15(9-12)20(25,26)27)31-17-18(28,30-7-6-29-17)13-2-4-16(21)5-3-13/h2-5,8-11,17H,6-7,28H2,1H3/t11-,17-,18?/m1/s1. The predicted molar refractivity (Wildman–Crippen MR) is 93.9 cm³/mol. The minimum Gasteiger partial charge on any atom is -0.349 e. The molecule has 4 nitrogen and oxygen atoms in total. The van der Waals surface area contributed by atoms with E-state index < -0.39 is 47.4 Å². The summed E-state index contributed by atoms with van der Waals surface area (Å²) in [5, 5.41) is 0. The Labute approximate surface area is 172 Å². The minimum atomic E-state index is -4.99. The van der Waals surface area contributed by atoms with Gasteiger partial charge in [-0.3, -0.25) is 5.73 Å². The lowest BCUT2D eigenvalue weighted by Crippen LogP contribution is -2.56. The average Bonchev–Trinajstić information content (AvgIpc) is 2.68. The summed E-state index contributed by atoms with van der Waals surface area (Å²) in [5.41, 5.74) is 1.43. The highest BCUT2D eigenvalue weighted by Gasteiger charge is 2.44. The number of hydrogen-bond donors (Lipinski definition) is 1. The van der Waals surface area contributed by atoms with Gasteiger partial charge in [-0.2, -0.15) is 26.3 Å². The Morgan fingerprint density at radius 2 is 1.52 bits per heavy atom. The average molecular weight is 453 g/mol. The number of alkyl halides is 6. The maximum Gasteiger partial charge on any atom is 0.416 e. The van der Waals surface area contributed by atoms with Gasteiger partial charge in [0.2, 0.25) is 6.29 Å². The Morgan fingerprint density at radius 3 is 2.03 bits per heavy atom. The molecule has 170 valence electrons. The second kappa shape index (κ2) is 8.38. The third kappa shape index (κ3) is 5.17. The maximum absolute atomic E-state index is 13.2. The lowest BCUT2D eigenvalue weighted by atomic mass is 10.00. The van der Waals surface area contributed by atoms with E-state index in [2.05, 4.69) is 0 Å². The molecule has 2 aromatic carbocycles. The van der Waals surface area contributed by atoms with E-state index in [1.165, 1.54) is 19.1 Å². The van der Waals surface area contributed by atoms with Crippen LogP contribution in [-0.2, 0) is 32.3 Å². The molecule has 3 atom stereocenters. The number of benzene rings is 2. The Balaban J connectivity index is 1.93. The Hall–Kier alpha value is -2.21. The Morgan fingerprint density at radius 1 is 0.968 bits per heavy atom. The number of halogens is 7. The molecule has 2 N–H and O–H groups in total. The van der Waals surface area contributed by atoms with Crippen molar-refractivity contribution in [3.8, 4) is 0 Å². The van der Waals surface area contributed by atoms with Crippen LogP contribution in [0.15, 0.2) is 42.5 Å². The van der Waals surface area contributed by atoms with Gasteiger partial charge in [0.05, 0.1) is 30.4 Å². The van der Waals surface area contributed by atoms with E-state index in [0.717, 1.165) is 12.1 Å². The minimum absolute atomic E-state index is 0.0217. The molecule has 0 amide bonds. The zero-order valence-corrected chi connectivity index (χ0v) is 16.1. The molecular weight excluding hydrogens is 435 g/mol. The second-order valence-electron chi connectivity index (χ2n) is 6.97. The van der Waals surface area contributed by atoms with Crippen LogP contribution in [0, 0.1) is 5.82 Å². The smallest absolute Gasteiger partial charge is 0.349 e. The monoisotopic (exact) mass is 453 g/mol. The van der Waals surface area contributed by atoms with Gasteiger partial charge < -0.3 is 14.2 Å². The van der Waals surface area contributed by atoms with Gasteiger partial charge >= 0.3 is 12.4 Å². The first-order valence-corrected chi connectivity index (χ1v) is 9.06. The first-order chi connectivity index (χ1) is 14.3. The zero-order valence-electron chi connectivity index (χ0n) is 16.1. The van der Waals surface area contributed by atoms with E-state index >= 15 is 0 Å². The van der Waals surface area contributed by atoms with Crippen LogP contribution in [-0.4, -0.2) is 19.5 Å². The van der Waals surface area contributed by atoms with Gasteiger partial charge in [0.1, 0.15) is 5.82 Å². The summed E-state index contributed by atoms with van der Waals surface area (Å²) >= 11 is 0. The van der Waals surface area contributed by atoms with Crippen LogP contribution in [0.5, 0.6) is 0 Å². The topological polar surface area (TPSA) is 53.7 Å². The highest BCUT2D eigenvalue weighted by atomic mass is 19.4. The molecule has 31 heavy (non-hydrogen) atoms. The van der Waals surface area contributed by atoms with Gasteiger partial charge in [-0.15, -0.1) is 0 Å². The van der Waals surface area contributed by atoms with Crippen molar-refractivity contribution in [2.24, 2.45) is 5.73 Å². The van der Waals surface area contributed by atoms with Crippen molar-refractivity contribution >= 4 is 0 Å². The molecule has 1 unspecified atom stereocenters. The Bertz CT molecular complexity index is 882. The normalized spacial score (nSPS) is 23.6. The van der Waals surface area contributed by atoms with Crippen molar-refractivity contribution in [2.75, 3.05) is 13.2 Å². The predicted octanol–water partition coefficient (Wildman–Crippen LogP) is 5.13. The van der Waals surface area contributed by atoms with E-state index in [4.69, 9.17) is 19.9 Å². The van der Waals surface area contributed by atoms with Gasteiger partial charge in [-0.1, -0.05) is 12.1 Å². The molecule has 0 aromatic heterocycles. The van der Waals surface area contributed by atoms with Crippen molar-refractivity contribution in [1.29, 1.82) is 0 Å². The van der Waals surface area contributed by atoms with Crippen molar-refractivity contribution in [3.63, 3.8) is 0 Å². The van der Waals surface area contributed by atoms with Crippen LogP contribution in [0.25, 0.3) is 0 Å². The SMILES string of the molecule is C[C@@H](O[C@H]1OCCOC1(N)c1ccc(F)cc1)c1cc(C(F)(F)F)cc(C(F)(F)F)c1. The van der Waals surface area contributed by atoms with E-state index in [1.54, 1.807) is 0 Å². The molecule has 0 aliphatic carbocycles. The maximum atomic E-state index is 13.2. The van der Waals surface area contributed by atoms with E-state index in [1.807, 2.05) is 0 Å². The molecular formula is C20H18F7NO3. The lowest BCUT2D eigenvalue weighted by molar-refractivity contribution is -0.311. The van der Waals surface area contributed by atoms with Crippen molar-refractivity contribution in [2.45, 2.75) is 37.4 Å². The largest absolute Gasteiger partial charge is 0.416 e. The van der Waals surface area contributed by atoms with Crippen molar-refractivity contribution in [1.82, 2.24) is 0 Å². The number of rotatable bonds is 4. The third-order valence-corrected chi connectivity index (χ3v) is 4.75. The van der Waals surface area contributed by atoms with Crippen LogP contribution in [0.4, 0.5) is 30.7 Å². The molecule has 0 saturated carbocycles. The summed E-state index contributed by atoms with van der Waals surface area (Å²) in [6.45, 7) is 1.33. The molecule has 0 spiro atoms. The fraction of sp³-hybridized carbons (Fsp3) is 0.400. The summed E-state index contributed by atoms with van der Waals surface area (Å²) in [5.74, 6) is -0.543. The van der Waals surface area contributed by atoms with Crippen LogP contribution in [0.3, 0.4) is 0 Å². The highest BCUT2D eigenvalue weighted by Crippen LogP contribution is 2.39. The first kappa shape index (κ1) is 23.5. The molecule has 1 saturated heterocycles. The van der Waals surface area contributed by atoms with Crippen molar-refractivity contribution in [3.05, 3.63) is 70.5 Å². The van der Waals surface area contributed by atoms with Crippen LogP contribution in [0.1, 0.15) is 35.3 Å². The van der Waals surface area contributed by atoms with Gasteiger partial charge in [-0.25, -0.2) is 4.39 Å². The number of hydrogen-bond acceptors (Lipinski definition) is 4. The van der Waals surface area contributed by atoms with Crippen LogP contribution < -0.4 is 5.73 Å². The summed E-state index contributed by atoms with van der Waals surface area (Å²) in [6.07, 6.45) is -12.7. The Kier molecular flexibility index (Phi) is 6.34. The molecule has 1 aliphatic rings. The van der Waals surface area contributed by atoms with Gasteiger partial charge in [-0.05, 0) is 42.8 Å². The molecule has 1 fully saturated rings. The van der Waals surface area contributed by atoms with E-state index in [0.29, 0.717) is 12.1 Å². The quantitative estimate of drug-likeness (QED) is 0.653. The van der Waals surface area contributed by atoms with Gasteiger partial charge in [0.15, 0.2) is 5.72 Å². The van der Waals surface area contributed by atoms with Gasteiger partial charge in [0.25, 0.3) is 0 Å². The number of ether oxygens (including phenoxy) is 3.